The number of nitrogens with one attached hydrogen (secondary N) is 1. The number of hydrogen-bond acceptors (Lipinski definition) is 5. The van der Waals surface area contributed by atoms with Gasteiger partial charge in [0.2, 0.25) is 0 Å². The first-order valence-electron chi connectivity index (χ1n) is 6.05. The third-order valence-electron chi connectivity index (χ3n) is 2.86. The highest BCUT2D eigenvalue weighted by atomic mass is 16.3. The first kappa shape index (κ1) is 15.8. The summed E-state index contributed by atoms with van der Waals surface area (Å²) < 4.78 is 0. The zero-order valence-corrected chi connectivity index (χ0v) is 10.7. The van der Waals surface area contributed by atoms with Gasteiger partial charge < -0.3 is 21.9 Å². The summed E-state index contributed by atoms with van der Waals surface area (Å²) in [7, 11) is 0. The van der Waals surface area contributed by atoms with Crippen LogP contribution in [-0.2, 0) is 0 Å². The van der Waals surface area contributed by atoms with Crippen LogP contribution in [0.2, 0.25) is 0 Å². The predicted octanol–water partition coefficient (Wildman–Crippen LogP) is -1.04. The SMILES string of the molecule is CC(C)(CCN)N(CCN)CCNCCO. The molecule has 0 aromatic rings. The number of aliphatic hydroxyl groups excluding tert-OH is 1. The van der Waals surface area contributed by atoms with E-state index in [0.717, 1.165) is 26.1 Å². The summed E-state index contributed by atoms with van der Waals surface area (Å²) in [6, 6.07) is 0. The summed E-state index contributed by atoms with van der Waals surface area (Å²) in [6.07, 6.45) is 0.965. The van der Waals surface area contributed by atoms with Crippen LogP contribution >= 0.6 is 0 Å². The first-order valence-corrected chi connectivity index (χ1v) is 6.05. The van der Waals surface area contributed by atoms with Crippen LogP contribution in [0.1, 0.15) is 20.3 Å². The third kappa shape index (κ3) is 6.40. The Labute approximate surface area is 99.2 Å². The second-order valence-electron chi connectivity index (χ2n) is 4.60. The molecule has 0 saturated heterocycles. The Bertz CT molecular complexity index is 164. The van der Waals surface area contributed by atoms with Crippen LogP contribution < -0.4 is 16.8 Å². The second-order valence-corrected chi connectivity index (χ2v) is 4.60. The average Bonchev–Trinajstić information content (AvgIpc) is 2.22. The molecule has 0 heterocycles. The maximum absolute atomic E-state index is 8.67. The zero-order chi connectivity index (χ0) is 12.4. The lowest BCUT2D eigenvalue weighted by molar-refractivity contribution is 0.117. The van der Waals surface area contributed by atoms with Crippen LogP contribution in [0.3, 0.4) is 0 Å². The van der Waals surface area contributed by atoms with Crippen LogP contribution in [0, 0.1) is 0 Å². The standard InChI is InChI=1S/C11H28N4O/c1-11(2,3-4-12)15(8-5-13)9-6-14-7-10-16/h14,16H,3-10,12-13H2,1-2H3. The van der Waals surface area contributed by atoms with Crippen molar-refractivity contribution >= 4 is 0 Å². The van der Waals surface area contributed by atoms with E-state index in [1.807, 2.05) is 0 Å². The highest BCUT2D eigenvalue weighted by Gasteiger charge is 2.24. The maximum Gasteiger partial charge on any atom is 0.0555 e. The van der Waals surface area contributed by atoms with Crippen molar-refractivity contribution < 1.29 is 5.11 Å². The van der Waals surface area contributed by atoms with E-state index >= 15 is 0 Å². The van der Waals surface area contributed by atoms with Gasteiger partial charge in [-0.15, -0.1) is 0 Å². The van der Waals surface area contributed by atoms with Crippen LogP contribution in [0.15, 0.2) is 0 Å². The van der Waals surface area contributed by atoms with Crippen molar-refractivity contribution in [3.05, 3.63) is 0 Å². The molecule has 0 spiro atoms. The molecule has 0 rings (SSSR count). The lowest BCUT2D eigenvalue weighted by atomic mass is 9.98. The molecular weight excluding hydrogens is 204 g/mol. The predicted molar refractivity (Wildman–Crippen MR) is 68.3 cm³/mol. The van der Waals surface area contributed by atoms with E-state index in [2.05, 4.69) is 24.1 Å². The molecule has 0 saturated carbocycles. The minimum absolute atomic E-state index is 0.0923. The minimum atomic E-state index is 0.0923. The molecule has 0 atom stereocenters. The molecule has 6 N–H and O–H groups in total. The Morgan fingerprint density at radius 1 is 1.12 bits per heavy atom. The molecule has 0 bridgehead atoms. The van der Waals surface area contributed by atoms with Gasteiger partial charge in [-0.3, -0.25) is 4.90 Å². The molecule has 0 aliphatic rings. The minimum Gasteiger partial charge on any atom is -0.395 e. The normalized spacial score (nSPS) is 12.4. The van der Waals surface area contributed by atoms with Crippen molar-refractivity contribution in [3.63, 3.8) is 0 Å². The Morgan fingerprint density at radius 3 is 2.31 bits per heavy atom. The van der Waals surface area contributed by atoms with Crippen molar-refractivity contribution in [1.82, 2.24) is 10.2 Å². The summed E-state index contributed by atoms with van der Waals surface area (Å²) >= 11 is 0. The van der Waals surface area contributed by atoms with E-state index in [1.165, 1.54) is 0 Å². The Hall–Kier alpha value is -0.200. The topological polar surface area (TPSA) is 87.5 Å². The van der Waals surface area contributed by atoms with Crippen molar-refractivity contribution in [1.29, 1.82) is 0 Å². The molecule has 0 aromatic carbocycles. The van der Waals surface area contributed by atoms with E-state index in [4.69, 9.17) is 16.6 Å². The first-order chi connectivity index (χ1) is 7.58. The summed E-state index contributed by atoms with van der Waals surface area (Å²) in [4.78, 5) is 2.35. The molecule has 0 aliphatic heterocycles. The maximum atomic E-state index is 8.67. The fourth-order valence-electron chi connectivity index (χ4n) is 1.80. The zero-order valence-electron chi connectivity index (χ0n) is 10.7. The van der Waals surface area contributed by atoms with Gasteiger partial charge in [0.25, 0.3) is 0 Å². The molecule has 0 unspecified atom stereocenters. The van der Waals surface area contributed by atoms with Gasteiger partial charge in [-0.2, -0.15) is 0 Å². The highest BCUT2D eigenvalue weighted by Crippen LogP contribution is 2.16. The monoisotopic (exact) mass is 232 g/mol. The molecule has 0 amide bonds. The molecule has 0 aliphatic carbocycles. The largest absolute Gasteiger partial charge is 0.395 e. The van der Waals surface area contributed by atoms with Crippen LogP contribution in [0.5, 0.6) is 0 Å². The quantitative estimate of drug-likeness (QED) is 0.361. The Morgan fingerprint density at radius 2 is 1.81 bits per heavy atom. The van der Waals surface area contributed by atoms with Crippen LogP contribution in [-0.4, -0.2) is 61.4 Å². The highest BCUT2D eigenvalue weighted by molar-refractivity contribution is 4.82. The van der Waals surface area contributed by atoms with Crippen molar-refractivity contribution in [3.8, 4) is 0 Å². The van der Waals surface area contributed by atoms with E-state index in [9.17, 15) is 0 Å². The molecule has 98 valence electrons. The summed E-state index contributed by atoms with van der Waals surface area (Å²) in [5, 5.41) is 11.8. The molecule has 5 heteroatoms. The van der Waals surface area contributed by atoms with Gasteiger partial charge in [0.15, 0.2) is 0 Å². The Kier molecular flexibility index (Phi) is 8.78. The fourth-order valence-corrected chi connectivity index (χ4v) is 1.80. The number of aliphatic hydroxyl groups is 1. The average molecular weight is 232 g/mol. The second kappa shape index (κ2) is 8.90. The number of nitrogens with zero attached hydrogens (tertiary/aromatic N) is 1. The van der Waals surface area contributed by atoms with Crippen LogP contribution in [0.25, 0.3) is 0 Å². The van der Waals surface area contributed by atoms with E-state index in [1.54, 1.807) is 0 Å². The van der Waals surface area contributed by atoms with Crippen molar-refractivity contribution in [2.75, 3.05) is 45.9 Å². The molecule has 0 fully saturated rings. The van der Waals surface area contributed by atoms with Gasteiger partial charge in [-0.05, 0) is 26.8 Å². The number of hydrogen-bond donors (Lipinski definition) is 4. The molecule has 5 nitrogen and oxygen atoms in total. The van der Waals surface area contributed by atoms with Gasteiger partial charge in [-0.1, -0.05) is 0 Å². The summed E-state index contributed by atoms with van der Waals surface area (Å²) in [5.74, 6) is 0. The number of rotatable bonds is 10. The lowest BCUT2D eigenvalue weighted by Gasteiger charge is -2.38. The smallest absolute Gasteiger partial charge is 0.0555 e. The fraction of sp³-hybridized carbons (Fsp3) is 1.00. The van der Waals surface area contributed by atoms with Gasteiger partial charge in [0, 0.05) is 38.3 Å². The van der Waals surface area contributed by atoms with E-state index in [0.29, 0.717) is 19.6 Å². The van der Waals surface area contributed by atoms with Gasteiger partial charge in [0.1, 0.15) is 0 Å². The van der Waals surface area contributed by atoms with E-state index < -0.39 is 0 Å². The number of nitrogens with two attached hydrogens (primary N) is 2. The molecular formula is C11H28N4O. The molecule has 0 aromatic heterocycles. The van der Waals surface area contributed by atoms with Crippen LogP contribution in [0.4, 0.5) is 0 Å². The van der Waals surface area contributed by atoms with Gasteiger partial charge in [0.05, 0.1) is 6.61 Å². The van der Waals surface area contributed by atoms with Gasteiger partial charge >= 0.3 is 0 Å². The summed E-state index contributed by atoms with van der Waals surface area (Å²) in [5.41, 5.74) is 11.3. The Balaban J connectivity index is 4.03. The molecule has 0 radical (unpaired) electrons. The lowest BCUT2D eigenvalue weighted by Crippen LogP contribution is -2.50. The van der Waals surface area contributed by atoms with Crippen molar-refractivity contribution in [2.24, 2.45) is 11.5 Å². The van der Waals surface area contributed by atoms with Crippen molar-refractivity contribution in [2.45, 2.75) is 25.8 Å². The van der Waals surface area contributed by atoms with Gasteiger partial charge in [-0.25, -0.2) is 0 Å². The van der Waals surface area contributed by atoms with E-state index in [-0.39, 0.29) is 12.1 Å². The molecule has 16 heavy (non-hydrogen) atoms. The third-order valence-corrected chi connectivity index (χ3v) is 2.86. The summed E-state index contributed by atoms with van der Waals surface area (Å²) in [6.45, 7) is 9.26.